The van der Waals surface area contributed by atoms with Gasteiger partial charge in [0.25, 0.3) is 0 Å². The van der Waals surface area contributed by atoms with E-state index in [9.17, 15) is 14.4 Å². The van der Waals surface area contributed by atoms with Gasteiger partial charge in [0.15, 0.2) is 0 Å². The highest BCUT2D eigenvalue weighted by molar-refractivity contribution is 5.94. The van der Waals surface area contributed by atoms with Crippen LogP contribution in [0.5, 0.6) is 0 Å². The van der Waals surface area contributed by atoms with Crippen molar-refractivity contribution in [2.75, 3.05) is 31.9 Å². The summed E-state index contributed by atoms with van der Waals surface area (Å²) < 4.78 is 17.0. The van der Waals surface area contributed by atoms with Crippen LogP contribution in [0, 0.1) is 67.1 Å². The van der Waals surface area contributed by atoms with Gasteiger partial charge in [0.2, 0.25) is 0 Å². The number of hydrogen-bond donors (Lipinski definition) is 6. The number of rotatable bonds is 16. The van der Waals surface area contributed by atoms with Crippen LogP contribution in [0.1, 0.15) is 290 Å². The highest BCUT2D eigenvalue weighted by Gasteiger charge is 2.54. The minimum atomic E-state index is -0.515. The number of ether oxygens (including phenoxy) is 3. The molecule has 12 nitrogen and oxygen atoms in total. The smallest absolute Gasteiger partial charge is 0.338 e. The zero-order valence-electron chi connectivity index (χ0n) is 60.7. The van der Waals surface area contributed by atoms with Crippen molar-refractivity contribution in [2.24, 2.45) is 53.3 Å². The third-order valence-electron chi connectivity index (χ3n) is 24.3. The maximum absolute atomic E-state index is 12.8. The van der Waals surface area contributed by atoms with Gasteiger partial charge in [-0.2, -0.15) is 0 Å². The second-order valence-corrected chi connectivity index (χ2v) is 36.4. The van der Waals surface area contributed by atoms with E-state index in [2.05, 4.69) is 88.2 Å². The van der Waals surface area contributed by atoms with Gasteiger partial charge in [-0.25, -0.2) is 14.4 Å². The van der Waals surface area contributed by atoms with Crippen LogP contribution in [0.15, 0.2) is 72.8 Å². The van der Waals surface area contributed by atoms with Gasteiger partial charge in [-0.05, 0) is 342 Å². The molecule has 4 aromatic rings. The normalized spacial score (nSPS) is 30.8. The molecule has 0 unspecified atom stereocenters. The van der Waals surface area contributed by atoms with E-state index < -0.39 is 16.8 Å². The first-order valence-electron chi connectivity index (χ1n) is 38.4. The number of nitrogens with one attached hydrogen (secondary N) is 6. The Balaban J connectivity index is 0.000000130. The predicted octanol–water partition coefficient (Wildman–Crippen LogP) is 20.8. The standard InChI is InChI=1S/C30H40N2O2.2C27H40N2O2/c1-19-7-6-8-20(2)25(19)18-31-27-14-24(28(33)34-29(3,4)5)9-10-26(27)32-30-15-21-11-22(16-30)13-23(12-21)17-30;1-26(2,3)31-25(30)21-9-10-23(24(14-21)28-22-7-5-4-6-8-22)29-27-15-18-11-19(16-27)13-20(12-18)17-27;1-26(2,3)31-25(30)21-9-10-23(28-22-7-5-4-6-8-22)24(14-21)29-27-15-18-11-19(16-27)13-20(12-18)17-27/h6-10,14,21-23,31-32H,11-13,15-18H2,1-5H3;2*9-10,14,18-20,22,28-29H,4-8,11-13,15-17H2,1-3H3. The lowest BCUT2D eigenvalue weighted by molar-refractivity contribution is 0.00566. The molecule has 18 rings (SSSR count). The van der Waals surface area contributed by atoms with E-state index in [1.807, 2.05) is 92.6 Å². The zero-order chi connectivity index (χ0) is 67.4. The average molecular weight is 1310 g/mol. The molecule has 96 heavy (non-hydrogen) atoms. The Hall–Kier alpha value is -5.91. The van der Waals surface area contributed by atoms with E-state index in [4.69, 9.17) is 14.2 Å². The van der Waals surface area contributed by atoms with E-state index in [0.717, 1.165) is 88.2 Å². The molecule has 0 saturated heterocycles. The molecule has 0 radical (unpaired) electrons. The molecule has 12 heteroatoms. The van der Waals surface area contributed by atoms with Crippen molar-refractivity contribution >= 4 is 52.0 Å². The van der Waals surface area contributed by atoms with E-state index in [-0.39, 0.29) is 34.5 Å². The quantitative estimate of drug-likeness (QED) is 0.0468. The molecule has 12 bridgehead atoms. The molecule has 14 saturated carbocycles. The molecule has 0 heterocycles. The van der Waals surface area contributed by atoms with E-state index in [1.165, 1.54) is 202 Å². The molecular formula is C84H120N6O6. The van der Waals surface area contributed by atoms with Crippen molar-refractivity contribution in [3.05, 3.63) is 106 Å². The molecule has 14 aliphatic rings. The van der Waals surface area contributed by atoms with Gasteiger partial charge in [0, 0.05) is 35.2 Å². The first-order valence-corrected chi connectivity index (χ1v) is 38.4. The summed E-state index contributed by atoms with van der Waals surface area (Å²) in [6, 6.07) is 25.7. The van der Waals surface area contributed by atoms with Gasteiger partial charge < -0.3 is 46.1 Å². The first-order chi connectivity index (χ1) is 45.6. The molecule has 6 N–H and O–H groups in total. The number of esters is 3. The van der Waals surface area contributed by atoms with Gasteiger partial charge >= 0.3 is 17.9 Å². The molecule has 0 atom stereocenters. The lowest BCUT2D eigenvalue weighted by Gasteiger charge is -2.57. The van der Waals surface area contributed by atoms with Crippen LogP contribution < -0.4 is 31.9 Å². The number of carbonyl (C=O) groups is 3. The topological polar surface area (TPSA) is 151 Å². The summed E-state index contributed by atoms with van der Waals surface area (Å²) >= 11 is 0. The summed E-state index contributed by atoms with van der Waals surface area (Å²) in [4.78, 5) is 38.4. The minimum Gasteiger partial charge on any atom is -0.456 e. The molecular weight excluding hydrogens is 1190 g/mol. The van der Waals surface area contributed by atoms with Gasteiger partial charge in [-0.1, -0.05) is 56.7 Å². The van der Waals surface area contributed by atoms with Crippen molar-refractivity contribution in [2.45, 2.75) is 308 Å². The molecule has 522 valence electrons. The Kier molecular flexibility index (Phi) is 19.8. The molecule has 0 amide bonds. The lowest BCUT2D eigenvalue weighted by atomic mass is 9.53. The number of carbonyl (C=O) groups excluding carboxylic acids is 3. The summed E-state index contributed by atoms with van der Waals surface area (Å²) in [5, 5.41) is 23.4. The van der Waals surface area contributed by atoms with Gasteiger partial charge in [0.1, 0.15) is 16.8 Å². The van der Waals surface area contributed by atoms with Crippen LogP contribution >= 0.6 is 0 Å². The highest BCUT2D eigenvalue weighted by Crippen LogP contribution is 2.60. The Labute approximate surface area is 577 Å². The van der Waals surface area contributed by atoms with Crippen molar-refractivity contribution in [3.63, 3.8) is 0 Å². The maximum Gasteiger partial charge on any atom is 0.338 e. The fourth-order valence-corrected chi connectivity index (χ4v) is 21.6. The lowest BCUT2D eigenvalue weighted by Crippen LogP contribution is -2.54. The van der Waals surface area contributed by atoms with E-state index in [0.29, 0.717) is 28.8 Å². The monoisotopic (exact) mass is 1310 g/mol. The van der Waals surface area contributed by atoms with Crippen LogP contribution in [0.3, 0.4) is 0 Å². The van der Waals surface area contributed by atoms with Crippen LogP contribution in [0.25, 0.3) is 0 Å². The number of hydrogen-bond acceptors (Lipinski definition) is 12. The summed E-state index contributed by atoms with van der Waals surface area (Å²) in [5.74, 6) is 7.31. The van der Waals surface area contributed by atoms with Gasteiger partial charge in [0.05, 0.1) is 50.8 Å². The summed E-state index contributed by atoms with van der Waals surface area (Å²) in [6.45, 7) is 22.3. The maximum atomic E-state index is 12.8. The fourth-order valence-electron chi connectivity index (χ4n) is 21.6. The third-order valence-corrected chi connectivity index (χ3v) is 24.3. The Morgan fingerprint density at radius 1 is 0.375 bits per heavy atom. The van der Waals surface area contributed by atoms with Gasteiger partial charge in [-0.15, -0.1) is 0 Å². The summed E-state index contributed by atoms with van der Waals surface area (Å²) in [5.41, 5.74) is 11.6. The third kappa shape index (κ3) is 16.9. The molecule has 14 aliphatic carbocycles. The van der Waals surface area contributed by atoms with Crippen LogP contribution in [0.4, 0.5) is 34.1 Å². The number of anilines is 6. The molecule has 4 aromatic carbocycles. The summed E-state index contributed by atoms with van der Waals surface area (Å²) in [7, 11) is 0. The first kappa shape index (κ1) is 68.6. The zero-order valence-corrected chi connectivity index (χ0v) is 60.7. The summed E-state index contributed by atoms with van der Waals surface area (Å²) in [6.07, 6.45) is 37.4. The Morgan fingerprint density at radius 2 is 0.667 bits per heavy atom. The molecule has 0 spiro atoms. The second-order valence-electron chi connectivity index (χ2n) is 36.4. The van der Waals surface area contributed by atoms with E-state index >= 15 is 0 Å². The van der Waals surface area contributed by atoms with Crippen LogP contribution in [0.2, 0.25) is 0 Å². The molecule has 14 fully saturated rings. The SMILES string of the molecule is CC(C)(C)OC(=O)c1ccc(NC23CC4CC(CC(C4)C2)C3)c(NC2CCCCC2)c1.CC(C)(C)OC(=O)c1ccc(NC2CCCCC2)c(NC23CC4CC(CC(C4)C2)C3)c1.Cc1cccc(C)c1CNc1cc(C(=O)OC(C)(C)C)ccc1NC12CC3CC(CC(C3)C1)C2. The average Bonchev–Trinajstić information content (AvgIpc) is 0.758. The second kappa shape index (κ2) is 27.7. The van der Waals surface area contributed by atoms with Crippen LogP contribution in [-0.4, -0.2) is 63.4 Å². The van der Waals surface area contributed by atoms with Crippen molar-refractivity contribution < 1.29 is 28.6 Å². The highest BCUT2D eigenvalue weighted by atomic mass is 16.6. The number of aryl methyl sites for hydroxylation is 2. The Bertz CT molecular complexity index is 3300. The minimum absolute atomic E-state index is 0.206. The van der Waals surface area contributed by atoms with Gasteiger partial charge in [-0.3, -0.25) is 0 Å². The predicted molar refractivity (Wildman–Crippen MR) is 393 cm³/mol. The Morgan fingerprint density at radius 3 is 1.01 bits per heavy atom. The van der Waals surface area contributed by atoms with Crippen molar-refractivity contribution in [1.82, 2.24) is 0 Å². The molecule has 0 aromatic heterocycles. The van der Waals surface area contributed by atoms with Crippen LogP contribution in [-0.2, 0) is 20.8 Å². The van der Waals surface area contributed by atoms with Crippen molar-refractivity contribution in [1.29, 1.82) is 0 Å². The fraction of sp³-hybridized carbons (Fsp3) is 0.679. The van der Waals surface area contributed by atoms with Crippen molar-refractivity contribution in [3.8, 4) is 0 Å². The number of benzene rings is 4. The molecule has 0 aliphatic heterocycles. The largest absolute Gasteiger partial charge is 0.456 e. The van der Waals surface area contributed by atoms with E-state index in [1.54, 1.807) is 0 Å².